The molecule has 0 unspecified atom stereocenters. The van der Waals surface area contributed by atoms with Crippen molar-refractivity contribution < 1.29 is 14.3 Å². The quantitative estimate of drug-likeness (QED) is 0.554. The van der Waals surface area contributed by atoms with Crippen LogP contribution >= 0.6 is 0 Å². The first-order chi connectivity index (χ1) is 15.4. The number of nitrogens with zero attached hydrogens (tertiary/aromatic N) is 3. The summed E-state index contributed by atoms with van der Waals surface area (Å²) in [7, 11) is 1.57. The minimum atomic E-state index is -0.311. The first-order valence-corrected chi connectivity index (χ1v) is 10.7. The Morgan fingerprint density at radius 3 is 2.41 bits per heavy atom. The molecule has 1 aromatic heterocycles. The lowest BCUT2D eigenvalue weighted by molar-refractivity contribution is -0.138. The van der Waals surface area contributed by atoms with Crippen molar-refractivity contribution >= 4 is 17.8 Å². The van der Waals surface area contributed by atoms with E-state index in [9.17, 15) is 9.59 Å². The Morgan fingerprint density at radius 1 is 1.09 bits per heavy atom. The fraction of sp³-hybridized carbons (Fsp3) is 0.320. The van der Waals surface area contributed by atoms with Gasteiger partial charge in [-0.15, -0.1) is 0 Å². The number of carbonyl (C=O) groups is 2. The Kier molecular flexibility index (Phi) is 7.78. The number of imidazole rings is 1. The number of nitrogens with one attached hydrogen (secondary N) is 1. The van der Waals surface area contributed by atoms with Gasteiger partial charge in [-0.1, -0.05) is 61.9 Å². The molecule has 0 aliphatic carbocycles. The predicted molar refractivity (Wildman–Crippen MR) is 126 cm³/mol. The van der Waals surface area contributed by atoms with Crippen molar-refractivity contribution in [1.82, 2.24) is 14.5 Å². The monoisotopic (exact) mass is 434 g/mol. The van der Waals surface area contributed by atoms with Crippen LogP contribution in [0.15, 0.2) is 60.8 Å². The highest BCUT2D eigenvalue weighted by molar-refractivity contribution is 5.94. The number of methoxy groups -OCH3 is 1. The zero-order valence-corrected chi connectivity index (χ0v) is 19.0. The van der Waals surface area contributed by atoms with Crippen molar-refractivity contribution in [3.05, 3.63) is 66.4 Å². The maximum absolute atomic E-state index is 12.9. The molecule has 0 bridgehead atoms. The van der Waals surface area contributed by atoms with Crippen molar-refractivity contribution in [2.24, 2.45) is 5.92 Å². The third kappa shape index (κ3) is 5.82. The highest BCUT2D eigenvalue weighted by Gasteiger charge is 2.21. The molecule has 7 nitrogen and oxygen atoms in total. The molecule has 7 heteroatoms. The maximum Gasteiger partial charge on any atom is 0.246 e. The van der Waals surface area contributed by atoms with Gasteiger partial charge in [0, 0.05) is 37.0 Å². The topological polar surface area (TPSA) is 76.5 Å². The van der Waals surface area contributed by atoms with Crippen molar-refractivity contribution in [1.29, 1.82) is 0 Å². The second kappa shape index (κ2) is 10.7. The first kappa shape index (κ1) is 23.2. The van der Waals surface area contributed by atoms with E-state index in [-0.39, 0.29) is 24.3 Å². The van der Waals surface area contributed by atoms with Crippen LogP contribution in [-0.2, 0) is 14.3 Å². The lowest BCUT2D eigenvalue weighted by atomic mass is 10.2. The van der Waals surface area contributed by atoms with Crippen LogP contribution < -0.4 is 5.32 Å². The highest BCUT2D eigenvalue weighted by atomic mass is 16.5. The largest absolute Gasteiger partial charge is 0.383 e. The molecule has 0 spiro atoms. The van der Waals surface area contributed by atoms with E-state index in [1.807, 2.05) is 86.1 Å². The zero-order chi connectivity index (χ0) is 23.1. The van der Waals surface area contributed by atoms with Crippen LogP contribution in [0, 0.1) is 12.8 Å². The Bertz CT molecular complexity index is 1040. The van der Waals surface area contributed by atoms with Gasteiger partial charge >= 0.3 is 0 Å². The summed E-state index contributed by atoms with van der Waals surface area (Å²) in [4.78, 5) is 31.6. The summed E-state index contributed by atoms with van der Waals surface area (Å²) < 4.78 is 6.95. The van der Waals surface area contributed by atoms with E-state index < -0.39 is 0 Å². The lowest BCUT2D eigenvalue weighted by Crippen LogP contribution is -2.42. The molecule has 0 saturated carbocycles. The van der Waals surface area contributed by atoms with Gasteiger partial charge in [0.2, 0.25) is 17.8 Å². The maximum atomic E-state index is 12.9. The summed E-state index contributed by atoms with van der Waals surface area (Å²) in [5.74, 6) is -0.210. The molecule has 0 aliphatic heterocycles. The van der Waals surface area contributed by atoms with Gasteiger partial charge in [0.25, 0.3) is 0 Å². The molecular formula is C25H30N4O3. The standard InChI is InChI=1S/C25H30N4O3/c1-18(2)24(31)28(14-15-32-4)17-23(30)27-25-26-22(20-8-6-5-7-9-20)16-29(25)21-12-10-19(3)11-13-21/h5-13,16,18H,14-15,17H2,1-4H3,(H,26,27,30). The van der Waals surface area contributed by atoms with Crippen LogP contribution in [0.2, 0.25) is 0 Å². The lowest BCUT2D eigenvalue weighted by Gasteiger charge is -2.23. The summed E-state index contributed by atoms with van der Waals surface area (Å²) in [5.41, 5.74) is 3.72. The average Bonchev–Trinajstić information content (AvgIpc) is 3.20. The first-order valence-electron chi connectivity index (χ1n) is 10.7. The molecule has 32 heavy (non-hydrogen) atoms. The van der Waals surface area contributed by atoms with Crippen LogP contribution in [0.1, 0.15) is 19.4 Å². The summed E-state index contributed by atoms with van der Waals surface area (Å²) >= 11 is 0. The molecular weight excluding hydrogens is 404 g/mol. The predicted octanol–water partition coefficient (Wildman–Crippen LogP) is 3.92. The number of rotatable bonds is 9. The number of carbonyl (C=O) groups excluding carboxylic acids is 2. The van der Waals surface area contributed by atoms with E-state index in [0.29, 0.717) is 19.1 Å². The summed E-state index contributed by atoms with van der Waals surface area (Å²) in [6, 6.07) is 17.8. The van der Waals surface area contributed by atoms with Crippen LogP contribution in [-0.4, -0.2) is 53.1 Å². The van der Waals surface area contributed by atoms with E-state index >= 15 is 0 Å². The van der Waals surface area contributed by atoms with E-state index in [1.54, 1.807) is 7.11 Å². The molecule has 3 rings (SSSR count). The van der Waals surface area contributed by atoms with Crippen LogP contribution in [0.25, 0.3) is 16.9 Å². The summed E-state index contributed by atoms with van der Waals surface area (Å²) in [6.45, 7) is 6.30. The number of ether oxygens (including phenoxy) is 1. The van der Waals surface area contributed by atoms with Gasteiger partial charge in [0.1, 0.15) is 6.54 Å². The second-order valence-corrected chi connectivity index (χ2v) is 7.98. The van der Waals surface area contributed by atoms with E-state index in [2.05, 4.69) is 10.3 Å². The van der Waals surface area contributed by atoms with Crippen LogP contribution in [0.5, 0.6) is 0 Å². The Hall–Kier alpha value is -3.45. The van der Waals surface area contributed by atoms with E-state index in [4.69, 9.17) is 4.74 Å². The number of aryl methyl sites for hydroxylation is 1. The molecule has 2 amide bonds. The van der Waals surface area contributed by atoms with Gasteiger partial charge < -0.3 is 9.64 Å². The Balaban J connectivity index is 1.88. The minimum Gasteiger partial charge on any atom is -0.383 e. The van der Waals surface area contributed by atoms with Crippen LogP contribution in [0.3, 0.4) is 0 Å². The molecule has 2 aromatic carbocycles. The molecule has 0 aliphatic rings. The number of amides is 2. The summed E-state index contributed by atoms with van der Waals surface area (Å²) in [6.07, 6.45) is 1.90. The van der Waals surface area contributed by atoms with Gasteiger partial charge in [-0.05, 0) is 19.1 Å². The third-order valence-electron chi connectivity index (χ3n) is 5.04. The van der Waals surface area contributed by atoms with E-state index in [1.165, 1.54) is 4.90 Å². The third-order valence-corrected chi connectivity index (χ3v) is 5.04. The normalized spacial score (nSPS) is 10.9. The molecule has 0 saturated heterocycles. The SMILES string of the molecule is COCCN(CC(=O)Nc1nc(-c2ccccc2)cn1-c1ccc(C)cc1)C(=O)C(C)C. The Morgan fingerprint density at radius 2 is 1.78 bits per heavy atom. The zero-order valence-electron chi connectivity index (χ0n) is 19.0. The number of hydrogen-bond acceptors (Lipinski definition) is 4. The van der Waals surface area contributed by atoms with Crippen molar-refractivity contribution in [2.45, 2.75) is 20.8 Å². The number of hydrogen-bond donors (Lipinski definition) is 1. The molecule has 1 heterocycles. The van der Waals surface area contributed by atoms with Gasteiger partial charge in [-0.25, -0.2) is 4.98 Å². The van der Waals surface area contributed by atoms with Gasteiger partial charge in [0.15, 0.2) is 0 Å². The summed E-state index contributed by atoms with van der Waals surface area (Å²) in [5, 5.41) is 2.89. The van der Waals surface area contributed by atoms with Gasteiger partial charge in [-0.2, -0.15) is 0 Å². The Labute approximate surface area is 189 Å². The van der Waals surface area contributed by atoms with Gasteiger partial charge in [0.05, 0.1) is 12.3 Å². The smallest absolute Gasteiger partial charge is 0.246 e. The highest BCUT2D eigenvalue weighted by Crippen LogP contribution is 2.24. The number of aromatic nitrogens is 2. The molecule has 0 fully saturated rings. The molecule has 3 aromatic rings. The van der Waals surface area contributed by atoms with Crippen LogP contribution in [0.4, 0.5) is 5.95 Å². The van der Waals surface area contributed by atoms with E-state index in [0.717, 1.165) is 22.5 Å². The fourth-order valence-corrected chi connectivity index (χ4v) is 3.29. The molecule has 0 radical (unpaired) electrons. The molecule has 0 atom stereocenters. The molecule has 168 valence electrons. The van der Waals surface area contributed by atoms with Crippen molar-refractivity contribution in [3.8, 4) is 16.9 Å². The number of benzene rings is 2. The average molecular weight is 435 g/mol. The fourth-order valence-electron chi connectivity index (χ4n) is 3.29. The van der Waals surface area contributed by atoms with Crippen molar-refractivity contribution in [2.75, 3.05) is 32.1 Å². The second-order valence-electron chi connectivity index (χ2n) is 7.98. The molecule has 1 N–H and O–H groups in total. The number of anilines is 1. The van der Waals surface area contributed by atoms with Crippen molar-refractivity contribution in [3.63, 3.8) is 0 Å². The van der Waals surface area contributed by atoms with Gasteiger partial charge in [-0.3, -0.25) is 19.5 Å². The minimum absolute atomic E-state index is 0.0677.